The van der Waals surface area contributed by atoms with E-state index in [9.17, 15) is 4.79 Å². The van der Waals surface area contributed by atoms with Crippen LogP contribution in [0.25, 0.3) is 0 Å². The summed E-state index contributed by atoms with van der Waals surface area (Å²) < 4.78 is 5.20. The Bertz CT molecular complexity index is 584. The molecule has 2 aromatic rings. The summed E-state index contributed by atoms with van der Waals surface area (Å²) in [6.45, 7) is 2.00. The van der Waals surface area contributed by atoms with E-state index in [1.54, 1.807) is 24.4 Å². The summed E-state index contributed by atoms with van der Waals surface area (Å²) in [6, 6.07) is 5.03. The monoisotopic (exact) mass is 291 g/mol. The molecule has 3 N–H and O–H groups in total. The van der Waals surface area contributed by atoms with Crippen molar-refractivity contribution < 1.29 is 9.53 Å². The van der Waals surface area contributed by atoms with Crippen LogP contribution >= 0.6 is 11.3 Å². The number of rotatable bonds is 5. The maximum absolute atomic E-state index is 12.4. The number of benzene rings is 1. The van der Waals surface area contributed by atoms with Crippen molar-refractivity contribution in [1.82, 2.24) is 10.3 Å². The quantitative estimate of drug-likeness (QED) is 0.830. The van der Waals surface area contributed by atoms with Gasteiger partial charge in [-0.05, 0) is 18.6 Å². The Morgan fingerprint density at radius 3 is 2.95 bits per heavy atom. The molecule has 5 nitrogen and oxygen atoms in total. The van der Waals surface area contributed by atoms with E-state index in [1.807, 2.05) is 12.3 Å². The fourth-order valence-electron chi connectivity index (χ4n) is 1.94. The number of nitrogens with one attached hydrogen (secondary N) is 1. The Morgan fingerprint density at radius 1 is 1.55 bits per heavy atom. The Morgan fingerprint density at radius 2 is 2.35 bits per heavy atom. The zero-order valence-corrected chi connectivity index (χ0v) is 12.2. The maximum atomic E-state index is 12.4. The molecule has 106 valence electrons. The van der Waals surface area contributed by atoms with Crippen LogP contribution in [0.5, 0.6) is 5.75 Å². The lowest BCUT2D eigenvalue weighted by molar-refractivity contribution is 0.0932. The van der Waals surface area contributed by atoms with E-state index in [0.717, 1.165) is 11.4 Å². The number of nitrogen functional groups attached to an aromatic ring is 1. The van der Waals surface area contributed by atoms with Gasteiger partial charge >= 0.3 is 0 Å². The van der Waals surface area contributed by atoms with E-state index in [1.165, 1.54) is 18.4 Å². The van der Waals surface area contributed by atoms with Crippen LogP contribution < -0.4 is 15.8 Å². The third-order valence-electron chi connectivity index (χ3n) is 2.96. The Labute approximate surface area is 121 Å². The minimum Gasteiger partial charge on any atom is -0.494 e. The predicted octanol–water partition coefficient (Wildman–Crippen LogP) is 2.62. The first kappa shape index (κ1) is 14.3. The van der Waals surface area contributed by atoms with E-state index in [2.05, 4.69) is 10.3 Å². The second-order valence-corrected chi connectivity index (χ2v) is 5.16. The van der Waals surface area contributed by atoms with Gasteiger partial charge in [0.25, 0.3) is 5.91 Å². The average molecular weight is 291 g/mol. The zero-order chi connectivity index (χ0) is 14.5. The van der Waals surface area contributed by atoms with Crippen molar-refractivity contribution in [2.45, 2.75) is 19.4 Å². The number of nitrogens with zero attached hydrogens (tertiary/aromatic N) is 1. The normalized spacial score (nSPS) is 11.9. The van der Waals surface area contributed by atoms with Crippen molar-refractivity contribution in [3.05, 3.63) is 40.3 Å². The molecule has 1 heterocycles. The topological polar surface area (TPSA) is 77.2 Å². The van der Waals surface area contributed by atoms with Gasteiger partial charge < -0.3 is 15.8 Å². The minimum absolute atomic E-state index is 0.103. The molecule has 0 fully saturated rings. The number of para-hydroxylation sites is 1. The predicted molar refractivity (Wildman–Crippen MR) is 80.0 cm³/mol. The smallest absolute Gasteiger partial charge is 0.255 e. The summed E-state index contributed by atoms with van der Waals surface area (Å²) in [7, 11) is 1.50. The minimum atomic E-state index is -0.212. The Kier molecular flexibility index (Phi) is 4.57. The Hall–Kier alpha value is -2.08. The second-order valence-electron chi connectivity index (χ2n) is 4.23. The number of hydrogen-bond donors (Lipinski definition) is 2. The van der Waals surface area contributed by atoms with Gasteiger partial charge in [0.2, 0.25) is 0 Å². The van der Waals surface area contributed by atoms with Crippen molar-refractivity contribution in [3.8, 4) is 5.75 Å². The number of thiazole rings is 1. The van der Waals surface area contributed by atoms with Gasteiger partial charge in [-0.25, -0.2) is 4.98 Å². The van der Waals surface area contributed by atoms with Gasteiger partial charge in [0.15, 0.2) is 5.75 Å². The van der Waals surface area contributed by atoms with Gasteiger partial charge in [-0.2, -0.15) is 0 Å². The summed E-state index contributed by atoms with van der Waals surface area (Å²) in [4.78, 5) is 16.6. The van der Waals surface area contributed by atoms with Crippen molar-refractivity contribution >= 4 is 22.9 Å². The number of ether oxygens (including phenoxy) is 1. The van der Waals surface area contributed by atoms with E-state index in [4.69, 9.17) is 10.5 Å². The van der Waals surface area contributed by atoms with Crippen LogP contribution in [0.3, 0.4) is 0 Å². The molecule has 1 unspecified atom stereocenters. The molecule has 0 radical (unpaired) electrons. The van der Waals surface area contributed by atoms with Crippen LogP contribution in [-0.2, 0) is 0 Å². The molecular formula is C14H17N3O2S. The molecule has 1 amide bonds. The maximum Gasteiger partial charge on any atom is 0.255 e. The van der Waals surface area contributed by atoms with Gasteiger partial charge in [0.05, 0.1) is 24.4 Å². The van der Waals surface area contributed by atoms with Crippen molar-refractivity contribution in [3.63, 3.8) is 0 Å². The highest BCUT2D eigenvalue weighted by molar-refractivity contribution is 7.09. The molecule has 0 saturated heterocycles. The standard InChI is InChI=1S/C14H17N3O2S/c1-3-11(14-16-7-8-20-14)17-13(18)9-5-4-6-10(15)12(9)19-2/h4-8,11H,3,15H2,1-2H3,(H,17,18). The number of carbonyl (C=O) groups is 1. The number of methoxy groups -OCH3 is 1. The summed E-state index contributed by atoms with van der Waals surface area (Å²) >= 11 is 1.52. The number of anilines is 1. The largest absolute Gasteiger partial charge is 0.494 e. The summed E-state index contributed by atoms with van der Waals surface area (Å²) in [5.74, 6) is 0.190. The average Bonchev–Trinajstić information content (AvgIpc) is 2.98. The molecule has 2 rings (SSSR count). The number of nitrogens with two attached hydrogens (primary N) is 1. The van der Waals surface area contributed by atoms with Gasteiger partial charge in [-0.1, -0.05) is 13.0 Å². The molecule has 20 heavy (non-hydrogen) atoms. The van der Waals surface area contributed by atoms with Gasteiger partial charge in [-0.3, -0.25) is 4.79 Å². The first-order valence-corrected chi connectivity index (χ1v) is 7.18. The first-order valence-electron chi connectivity index (χ1n) is 6.30. The molecular weight excluding hydrogens is 274 g/mol. The van der Waals surface area contributed by atoms with E-state index in [0.29, 0.717) is 17.0 Å². The third-order valence-corrected chi connectivity index (χ3v) is 3.85. The fraction of sp³-hybridized carbons (Fsp3) is 0.286. The zero-order valence-electron chi connectivity index (χ0n) is 11.4. The lowest BCUT2D eigenvalue weighted by Gasteiger charge is -2.16. The summed E-state index contributed by atoms with van der Waals surface area (Å²) in [6.07, 6.45) is 2.50. The van der Waals surface area contributed by atoms with Crippen molar-refractivity contribution in [1.29, 1.82) is 0 Å². The lowest BCUT2D eigenvalue weighted by atomic mass is 10.1. The van der Waals surface area contributed by atoms with Gasteiger partial charge in [0, 0.05) is 11.6 Å². The molecule has 1 aromatic carbocycles. The van der Waals surface area contributed by atoms with E-state index >= 15 is 0 Å². The molecule has 0 spiro atoms. The molecule has 1 aromatic heterocycles. The molecule has 0 bridgehead atoms. The highest BCUT2D eigenvalue weighted by Crippen LogP contribution is 2.27. The Balaban J connectivity index is 2.22. The van der Waals surface area contributed by atoms with Gasteiger partial charge in [0.1, 0.15) is 5.01 Å². The second kappa shape index (κ2) is 6.38. The van der Waals surface area contributed by atoms with Crippen LogP contribution in [0, 0.1) is 0 Å². The SMILES string of the molecule is CCC(NC(=O)c1cccc(N)c1OC)c1nccs1. The van der Waals surface area contributed by atoms with Crippen LogP contribution in [0.1, 0.15) is 34.8 Å². The fourth-order valence-corrected chi connectivity index (χ4v) is 2.72. The van der Waals surface area contributed by atoms with Crippen LogP contribution in [0.4, 0.5) is 5.69 Å². The molecule has 1 atom stereocenters. The van der Waals surface area contributed by atoms with Crippen LogP contribution in [0.15, 0.2) is 29.8 Å². The number of aromatic nitrogens is 1. The number of hydrogen-bond acceptors (Lipinski definition) is 5. The number of carbonyl (C=O) groups excluding carboxylic acids is 1. The van der Waals surface area contributed by atoms with E-state index in [-0.39, 0.29) is 11.9 Å². The summed E-state index contributed by atoms with van der Waals surface area (Å²) in [5, 5.41) is 5.75. The summed E-state index contributed by atoms with van der Waals surface area (Å²) in [5.41, 5.74) is 6.69. The van der Waals surface area contributed by atoms with Crippen LogP contribution in [-0.4, -0.2) is 18.0 Å². The lowest BCUT2D eigenvalue weighted by Crippen LogP contribution is -2.28. The molecule has 0 aliphatic rings. The van der Waals surface area contributed by atoms with Gasteiger partial charge in [-0.15, -0.1) is 11.3 Å². The molecule has 0 aliphatic carbocycles. The third kappa shape index (κ3) is 2.91. The van der Waals surface area contributed by atoms with Crippen molar-refractivity contribution in [2.24, 2.45) is 0 Å². The molecule has 6 heteroatoms. The number of amides is 1. The first-order chi connectivity index (χ1) is 9.67. The van der Waals surface area contributed by atoms with Crippen LogP contribution in [0.2, 0.25) is 0 Å². The highest BCUT2D eigenvalue weighted by Gasteiger charge is 2.19. The molecule has 0 aliphatic heterocycles. The highest BCUT2D eigenvalue weighted by atomic mass is 32.1. The van der Waals surface area contributed by atoms with E-state index < -0.39 is 0 Å². The molecule has 0 saturated carbocycles. The van der Waals surface area contributed by atoms with Crippen molar-refractivity contribution in [2.75, 3.05) is 12.8 Å².